The van der Waals surface area contributed by atoms with Crippen molar-refractivity contribution in [3.63, 3.8) is 0 Å². The number of rotatable bonds is 10. The Hall–Kier alpha value is -1.75. The Labute approximate surface area is 158 Å². The van der Waals surface area contributed by atoms with Gasteiger partial charge in [0, 0.05) is 38.6 Å². The van der Waals surface area contributed by atoms with E-state index in [9.17, 15) is 4.79 Å². The Balaban J connectivity index is 1.72. The number of nitrogens with zero attached hydrogens (tertiary/aromatic N) is 3. The maximum atomic E-state index is 12.0. The van der Waals surface area contributed by atoms with Crippen molar-refractivity contribution in [3.05, 3.63) is 29.6 Å². The van der Waals surface area contributed by atoms with Crippen LogP contribution in [0.2, 0.25) is 0 Å². The van der Waals surface area contributed by atoms with Gasteiger partial charge < -0.3 is 10.2 Å². The highest BCUT2D eigenvalue weighted by Crippen LogP contribution is 2.26. The molecule has 0 aromatic carbocycles. The molecule has 1 aromatic rings. The molecule has 0 spiro atoms. The van der Waals surface area contributed by atoms with E-state index in [1.165, 1.54) is 38.5 Å². The average molecular weight is 359 g/mol. The molecule has 5 heteroatoms. The summed E-state index contributed by atoms with van der Waals surface area (Å²) in [6.45, 7) is 7.36. The van der Waals surface area contributed by atoms with Crippen LogP contribution in [0.25, 0.3) is 0 Å². The lowest BCUT2D eigenvalue weighted by Crippen LogP contribution is -2.37. The lowest BCUT2D eigenvalue weighted by atomic mass is 9.87. The molecular weight excluding hydrogens is 324 g/mol. The van der Waals surface area contributed by atoms with Gasteiger partial charge in [0.25, 0.3) is 0 Å². The smallest absolute Gasteiger partial charge is 0.236 e. The summed E-state index contributed by atoms with van der Waals surface area (Å²) in [6.07, 6.45) is 11.9. The van der Waals surface area contributed by atoms with Crippen LogP contribution in [-0.4, -0.2) is 48.2 Å². The molecule has 1 heterocycles. The normalized spacial score (nSPS) is 15.5. The van der Waals surface area contributed by atoms with E-state index in [0.717, 1.165) is 36.8 Å². The van der Waals surface area contributed by atoms with E-state index in [0.29, 0.717) is 13.1 Å². The zero-order valence-electron chi connectivity index (χ0n) is 16.4. The van der Waals surface area contributed by atoms with Crippen molar-refractivity contribution in [1.29, 1.82) is 0 Å². The van der Waals surface area contributed by atoms with Gasteiger partial charge in [-0.3, -0.25) is 14.8 Å². The van der Waals surface area contributed by atoms with Gasteiger partial charge in [-0.05, 0) is 43.9 Å². The van der Waals surface area contributed by atoms with E-state index in [4.69, 9.17) is 0 Å². The quantitative estimate of drug-likeness (QED) is 0.652. The predicted octanol–water partition coefficient (Wildman–Crippen LogP) is 3.43. The van der Waals surface area contributed by atoms with Crippen LogP contribution in [0.15, 0.2) is 23.3 Å². The number of hydrogen-bond acceptors (Lipinski definition) is 4. The number of carbonyl (C=O) groups is 1. The molecule has 5 nitrogen and oxygen atoms in total. The largest absolute Gasteiger partial charge is 0.342 e. The Morgan fingerprint density at radius 3 is 2.81 bits per heavy atom. The number of amides is 1. The third-order valence-electron chi connectivity index (χ3n) is 5.17. The molecule has 2 rings (SSSR count). The number of nitrogens with one attached hydrogen (secondary N) is 1. The van der Waals surface area contributed by atoms with Crippen molar-refractivity contribution in [2.75, 3.05) is 26.2 Å². The van der Waals surface area contributed by atoms with E-state index in [2.05, 4.69) is 15.3 Å². The highest BCUT2D eigenvalue weighted by molar-refractivity contribution is 5.79. The van der Waals surface area contributed by atoms with Crippen molar-refractivity contribution in [1.82, 2.24) is 15.2 Å². The third-order valence-corrected chi connectivity index (χ3v) is 5.17. The van der Waals surface area contributed by atoms with E-state index in [1.807, 2.05) is 43.3 Å². The summed E-state index contributed by atoms with van der Waals surface area (Å²) in [4.78, 5) is 22.8. The van der Waals surface area contributed by atoms with Crippen LogP contribution >= 0.6 is 0 Å². The number of hydrogen-bond donors (Lipinski definition) is 1. The Morgan fingerprint density at radius 1 is 1.31 bits per heavy atom. The first-order valence-electron chi connectivity index (χ1n) is 10.2. The standard InChI is InChI=1S/C21H34N4O/c1-3-25(4-2)21(26)17-23-16-20-14-19(11-13-24-20)15-22-12-10-18-8-6-5-7-9-18/h11,13-15,18,23H,3-10,12,16-17H2,1-2H3/b22-15+. The Morgan fingerprint density at radius 2 is 2.08 bits per heavy atom. The van der Waals surface area contributed by atoms with Gasteiger partial charge in [0.1, 0.15) is 0 Å². The monoisotopic (exact) mass is 358 g/mol. The van der Waals surface area contributed by atoms with Gasteiger partial charge in [-0.2, -0.15) is 0 Å². The van der Waals surface area contributed by atoms with E-state index < -0.39 is 0 Å². The lowest BCUT2D eigenvalue weighted by molar-refractivity contribution is -0.129. The van der Waals surface area contributed by atoms with Gasteiger partial charge >= 0.3 is 0 Å². The lowest BCUT2D eigenvalue weighted by Gasteiger charge is -2.20. The molecule has 1 amide bonds. The molecule has 1 fully saturated rings. The van der Waals surface area contributed by atoms with Gasteiger partial charge in [-0.15, -0.1) is 0 Å². The summed E-state index contributed by atoms with van der Waals surface area (Å²) in [5.41, 5.74) is 2.02. The predicted molar refractivity (Wildman–Crippen MR) is 108 cm³/mol. The number of aromatic nitrogens is 1. The molecule has 1 N–H and O–H groups in total. The van der Waals surface area contributed by atoms with Crippen LogP contribution in [-0.2, 0) is 11.3 Å². The maximum Gasteiger partial charge on any atom is 0.236 e. The molecule has 0 bridgehead atoms. The second-order valence-corrected chi connectivity index (χ2v) is 7.08. The molecule has 0 saturated heterocycles. The highest BCUT2D eigenvalue weighted by atomic mass is 16.2. The third kappa shape index (κ3) is 7.24. The van der Waals surface area contributed by atoms with E-state index >= 15 is 0 Å². The molecule has 1 aliphatic carbocycles. The summed E-state index contributed by atoms with van der Waals surface area (Å²) in [5.74, 6) is 1.01. The number of pyridine rings is 1. The molecular formula is C21H34N4O. The van der Waals surface area contributed by atoms with Crippen LogP contribution in [0, 0.1) is 5.92 Å². The Bertz CT molecular complexity index is 563. The minimum absolute atomic E-state index is 0.135. The molecule has 1 saturated carbocycles. The number of aliphatic imine (C=N–C) groups is 1. The van der Waals surface area contributed by atoms with Crippen LogP contribution in [0.5, 0.6) is 0 Å². The van der Waals surface area contributed by atoms with Crippen molar-refractivity contribution in [2.45, 2.75) is 58.9 Å². The topological polar surface area (TPSA) is 57.6 Å². The van der Waals surface area contributed by atoms with Crippen molar-refractivity contribution >= 4 is 12.1 Å². The maximum absolute atomic E-state index is 12.0. The van der Waals surface area contributed by atoms with Crippen molar-refractivity contribution < 1.29 is 4.79 Å². The van der Waals surface area contributed by atoms with Crippen LogP contribution in [0.1, 0.15) is 63.6 Å². The van der Waals surface area contributed by atoms with E-state index in [-0.39, 0.29) is 5.91 Å². The summed E-state index contributed by atoms with van der Waals surface area (Å²) in [7, 11) is 0. The van der Waals surface area contributed by atoms with Crippen LogP contribution in [0.3, 0.4) is 0 Å². The summed E-state index contributed by atoms with van der Waals surface area (Å²) >= 11 is 0. The molecule has 0 atom stereocenters. The minimum atomic E-state index is 0.135. The summed E-state index contributed by atoms with van der Waals surface area (Å²) < 4.78 is 0. The fourth-order valence-electron chi connectivity index (χ4n) is 3.56. The molecule has 26 heavy (non-hydrogen) atoms. The second-order valence-electron chi connectivity index (χ2n) is 7.08. The highest BCUT2D eigenvalue weighted by Gasteiger charge is 2.12. The van der Waals surface area contributed by atoms with Crippen LogP contribution in [0.4, 0.5) is 0 Å². The molecule has 144 valence electrons. The molecule has 0 aliphatic heterocycles. The summed E-state index contributed by atoms with van der Waals surface area (Å²) in [6, 6.07) is 4.02. The fourth-order valence-corrected chi connectivity index (χ4v) is 3.56. The molecule has 1 aliphatic rings. The van der Waals surface area contributed by atoms with Gasteiger partial charge in [-0.25, -0.2) is 0 Å². The number of carbonyl (C=O) groups excluding carboxylic acids is 1. The number of likely N-dealkylation sites (N-methyl/N-ethyl adjacent to an activating group) is 1. The van der Waals surface area contributed by atoms with Crippen molar-refractivity contribution in [3.8, 4) is 0 Å². The fraction of sp³-hybridized carbons (Fsp3) is 0.667. The minimum Gasteiger partial charge on any atom is -0.342 e. The first kappa shape index (κ1) is 20.6. The zero-order chi connectivity index (χ0) is 18.6. The Kier molecular flexibility index (Phi) is 9.32. The van der Waals surface area contributed by atoms with E-state index in [1.54, 1.807) is 0 Å². The van der Waals surface area contributed by atoms with Gasteiger partial charge in [0.05, 0.1) is 12.2 Å². The first-order valence-corrected chi connectivity index (χ1v) is 10.2. The zero-order valence-corrected chi connectivity index (χ0v) is 16.4. The molecule has 0 unspecified atom stereocenters. The van der Waals surface area contributed by atoms with Gasteiger partial charge in [0.2, 0.25) is 5.91 Å². The van der Waals surface area contributed by atoms with Crippen LogP contribution < -0.4 is 5.32 Å². The SMILES string of the molecule is CCN(CC)C(=O)CNCc1cc(/C=N/CCC2CCCCC2)ccn1. The first-order chi connectivity index (χ1) is 12.7. The van der Waals surface area contributed by atoms with Crippen molar-refractivity contribution in [2.24, 2.45) is 10.9 Å². The average Bonchev–Trinajstić information content (AvgIpc) is 2.67. The molecule has 0 radical (unpaired) electrons. The van der Waals surface area contributed by atoms with Gasteiger partial charge in [-0.1, -0.05) is 32.1 Å². The van der Waals surface area contributed by atoms with Gasteiger partial charge in [0.15, 0.2) is 0 Å². The summed E-state index contributed by atoms with van der Waals surface area (Å²) in [5, 5.41) is 3.19. The second kappa shape index (κ2) is 11.8. The molecule has 1 aromatic heterocycles.